The molecule has 3 heteroatoms. The molecule has 0 saturated carbocycles. The molecule has 0 spiro atoms. The summed E-state index contributed by atoms with van der Waals surface area (Å²) < 4.78 is 0. The van der Waals surface area contributed by atoms with Crippen molar-refractivity contribution in [3.63, 3.8) is 0 Å². The van der Waals surface area contributed by atoms with Crippen molar-refractivity contribution < 1.29 is 25.8 Å². The van der Waals surface area contributed by atoms with Gasteiger partial charge in [0, 0.05) is 25.8 Å². The van der Waals surface area contributed by atoms with Crippen LogP contribution in [0.25, 0.3) is 0 Å². The summed E-state index contributed by atoms with van der Waals surface area (Å²) in [5, 5.41) is 0. The second kappa shape index (κ2) is 9.78. The predicted octanol–water partition coefficient (Wildman–Crippen LogP) is 7.07. The molecule has 0 fully saturated rings. The molecule has 0 aliphatic heterocycles. The van der Waals surface area contributed by atoms with E-state index in [2.05, 4.69) is 81.4 Å². The van der Waals surface area contributed by atoms with Gasteiger partial charge in [-0.2, -0.15) is 22.3 Å². The zero-order valence-electron chi connectivity index (χ0n) is 16.3. The van der Waals surface area contributed by atoms with Crippen molar-refractivity contribution in [3.05, 3.63) is 45.6 Å². The second-order valence-corrected chi connectivity index (χ2v) is 7.25. The van der Waals surface area contributed by atoms with Crippen LogP contribution in [0.5, 0.6) is 0 Å². The van der Waals surface area contributed by atoms with E-state index in [-0.39, 0.29) is 61.5 Å². The maximum absolute atomic E-state index is 3.44. The molecule has 23 heavy (non-hydrogen) atoms. The number of rotatable bonds is 0. The Morgan fingerprint density at radius 1 is 0.565 bits per heavy atom. The number of hydrogen-bond donors (Lipinski definition) is 0. The third kappa shape index (κ3) is 6.33. The van der Waals surface area contributed by atoms with E-state index < -0.39 is 0 Å². The van der Waals surface area contributed by atoms with Gasteiger partial charge in [-0.3, -0.25) is 12.2 Å². The van der Waals surface area contributed by atoms with Gasteiger partial charge >= 0.3 is 0 Å². The topological polar surface area (TPSA) is 0 Å². The fourth-order valence-electron chi connectivity index (χ4n) is 2.81. The van der Waals surface area contributed by atoms with E-state index in [1.807, 2.05) is 0 Å². The largest absolute Gasteiger partial charge is 0.263 e. The molecular weight excluding hydrogens is 490 g/mol. The van der Waals surface area contributed by atoms with Gasteiger partial charge in [-0.25, -0.2) is 11.1 Å². The predicted molar refractivity (Wildman–Crippen MR) is 104 cm³/mol. The molecule has 0 heterocycles. The van der Waals surface area contributed by atoms with Crippen LogP contribution in [0.2, 0.25) is 0 Å². The summed E-state index contributed by atoms with van der Waals surface area (Å²) in [6, 6.07) is 0. The molecule has 0 aromatic heterocycles. The Kier molecular flexibility index (Phi) is 12.0. The monoisotopic (exact) mass is 522 g/mol. The van der Waals surface area contributed by atoms with Gasteiger partial charge in [-0.05, 0) is 0 Å². The first-order valence-electron chi connectivity index (χ1n) is 7.50. The minimum atomic E-state index is 0. The quantitative estimate of drug-likeness (QED) is 0.236. The maximum Gasteiger partial charge on any atom is 0 e. The van der Waals surface area contributed by atoms with Crippen LogP contribution in [0.1, 0.15) is 69.2 Å². The van der Waals surface area contributed by atoms with E-state index in [0.717, 1.165) is 0 Å². The molecule has 0 saturated heterocycles. The molecule has 0 N–H and O–H groups in total. The van der Waals surface area contributed by atoms with Crippen LogP contribution >= 0.6 is 24.8 Å². The van der Waals surface area contributed by atoms with Gasteiger partial charge in [0.2, 0.25) is 0 Å². The summed E-state index contributed by atoms with van der Waals surface area (Å²) in [6.45, 7) is 21.8. The molecule has 0 bridgehead atoms. The van der Waals surface area contributed by atoms with Crippen LogP contribution in [0, 0.1) is 23.0 Å². The normalized spacial score (nSPS) is 20.4. The summed E-state index contributed by atoms with van der Waals surface area (Å²) in [5.74, 6) is 0. The van der Waals surface area contributed by atoms with Crippen molar-refractivity contribution >= 4 is 24.8 Å². The van der Waals surface area contributed by atoms with E-state index in [1.54, 1.807) is 0 Å². The molecule has 0 nitrogen and oxygen atoms in total. The van der Waals surface area contributed by atoms with Crippen molar-refractivity contribution in [2.75, 3.05) is 0 Å². The SMILES string of the molecule is CC1=[C-]C(C)(C)C(C)=C1C.CC1=[C-]C(C)(C)C(C)=C1C.Cl.Cl.[Hf]. The molecule has 2 aliphatic carbocycles. The Morgan fingerprint density at radius 2 is 0.783 bits per heavy atom. The van der Waals surface area contributed by atoms with Crippen molar-refractivity contribution in [2.45, 2.75) is 69.2 Å². The van der Waals surface area contributed by atoms with Gasteiger partial charge in [-0.15, -0.1) is 38.7 Å². The average Bonchev–Trinajstić information content (AvgIpc) is 2.60. The molecular formula is C20H32Cl2Hf-2. The summed E-state index contributed by atoms with van der Waals surface area (Å²) in [7, 11) is 0. The van der Waals surface area contributed by atoms with Crippen LogP contribution in [0.3, 0.4) is 0 Å². The van der Waals surface area contributed by atoms with Crippen molar-refractivity contribution in [3.8, 4) is 0 Å². The Labute approximate surface area is 175 Å². The third-order valence-corrected chi connectivity index (χ3v) is 5.12. The Bertz CT molecular complexity index is 494. The van der Waals surface area contributed by atoms with Gasteiger partial charge in [0.25, 0.3) is 0 Å². The Hall–Kier alpha value is 0.410. The number of hydrogen-bond acceptors (Lipinski definition) is 0. The Morgan fingerprint density at radius 3 is 0.826 bits per heavy atom. The molecule has 2 aliphatic rings. The summed E-state index contributed by atoms with van der Waals surface area (Å²) in [5.41, 5.74) is 8.79. The van der Waals surface area contributed by atoms with E-state index in [0.29, 0.717) is 0 Å². The molecule has 2 rings (SSSR count). The summed E-state index contributed by atoms with van der Waals surface area (Å²) >= 11 is 0. The fourth-order valence-corrected chi connectivity index (χ4v) is 2.81. The summed E-state index contributed by atoms with van der Waals surface area (Å²) in [4.78, 5) is 0. The molecule has 0 amide bonds. The first kappa shape index (κ1) is 28.2. The minimum Gasteiger partial charge on any atom is -0.263 e. The van der Waals surface area contributed by atoms with Crippen LogP contribution in [-0.2, 0) is 25.8 Å². The number of allylic oxidation sites excluding steroid dienone is 8. The van der Waals surface area contributed by atoms with Crippen LogP contribution < -0.4 is 0 Å². The molecule has 0 aromatic rings. The van der Waals surface area contributed by atoms with Crippen LogP contribution in [0.4, 0.5) is 0 Å². The fraction of sp³-hybridized carbons (Fsp3) is 0.600. The first-order valence-corrected chi connectivity index (χ1v) is 7.50. The van der Waals surface area contributed by atoms with E-state index in [9.17, 15) is 0 Å². The standard InChI is InChI=1S/2C10H15.2ClH.Hf/c2*1-7-6-10(4,5)9(3)8(7)2;;;/h2*1-5H3;2*1H;/q2*-1;;;. The van der Waals surface area contributed by atoms with E-state index in [4.69, 9.17) is 0 Å². The zero-order valence-corrected chi connectivity index (χ0v) is 21.5. The molecule has 0 atom stereocenters. The third-order valence-electron chi connectivity index (χ3n) is 5.12. The van der Waals surface area contributed by atoms with Gasteiger partial charge in [0.05, 0.1) is 0 Å². The molecule has 0 aromatic carbocycles. The van der Waals surface area contributed by atoms with E-state index in [1.165, 1.54) is 33.4 Å². The molecule has 0 radical (unpaired) electrons. The first-order chi connectivity index (χ1) is 8.90. The maximum atomic E-state index is 3.44. The summed E-state index contributed by atoms with van der Waals surface area (Å²) in [6.07, 6.45) is 6.87. The zero-order chi connectivity index (χ0) is 15.9. The molecule has 132 valence electrons. The van der Waals surface area contributed by atoms with Gasteiger partial charge in [-0.1, -0.05) is 66.2 Å². The van der Waals surface area contributed by atoms with Crippen molar-refractivity contribution in [2.24, 2.45) is 10.8 Å². The average molecular weight is 522 g/mol. The van der Waals surface area contributed by atoms with Gasteiger partial charge in [0.1, 0.15) is 0 Å². The van der Waals surface area contributed by atoms with Crippen molar-refractivity contribution in [1.29, 1.82) is 0 Å². The van der Waals surface area contributed by atoms with Crippen LogP contribution in [0.15, 0.2) is 33.4 Å². The number of halogens is 2. The van der Waals surface area contributed by atoms with Gasteiger partial charge < -0.3 is 0 Å². The molecule has 0 unspecified atom stereocenters. The Balaban J connectivity index is -0.000000308. The van der Waals surface area contributed by atoms with Crippen molar-refractivity contribution in [1.82, 2.24) is 0 Å². The second-order valence-electron chi connectivity index (χ2n) is 7.25. The van der Waals surface area contributed by atoms with Crippen LogP contribution in [-0.4, -0.2) is 0 Å². The van der Waals surface area contributed by atoms with Gasteiger partial charge in [0.15, 0.2) is 0 Å². The smallest absolute Gasteiger partial charge is 0 e. The minimum absolute atomic E-state index is 0. The van der Waals surface area contributed by atoms with E-state index >= 15 is 0 Å².